The van der Waals surface area contributed by atoms with Gasteiger partial charge in [0.1, 0.15) is 11.6 Å². The van der Waals surface area contributed by atoms with Crippen LogP contribution >= 0.6 is 11.6 Å². The quantitative estimate of drug-likeness (QED) is 0.625. The van der Waals surface area contributed by atoms with Crippen LogP contribution in [0.3, 0.4) is 0 Å². The predicted molar refractivity (Wildman–Crippen MR) is 98.1 cm³/mol. The molecule has 24 heavy (non-hydrogen) atoms. The molecule has 122 valence electrons. The highest BCUT2D eigenvalue weighted by atomic mass is 35.5. The summed E-state index contributed by atoms with van der Waals surface area (Å²) in [6.07, 6.45) is 1.42. The smallest absolute Gasteiger partial charge is 0.267 e. The van der Waals surface area contributed by atoms with E-state index in [1.54, 1.807) is 18.2 Å². The third-order valence-corrected chi connectivity index (χ3v) is 4.13. The Balaban J connectivity index is 2.20. The Morgan fingerprint density at radius 3 is 2.38 bits per heavy atom. The lowest BCUT2D eigenvalue weighted by atomic mass is 10.1. The van der Waals surface area contributed by atoms with Crippen molar-refractivity contribution in [3.63, 3.8) is 0 Å². The molecule has 2 rings (SSSR count). The minimum absolute atomic E-state index is 0.0166. The van der Waals surface area contributed by atoms with E-state index in [0.29, 0.717) is 10.7 Å². The Morgan fingerprint density at radius 1 is 1.12 bits per heavy atom. The number of carbonyl (C=O) groups excluding carboxylic acids is 1. The first kappa shape index (κ1) is 17.6. The molecule has 0 aliphatic rings. The molecule has 0 fully saturated rings. The molecule has 0 spiro atoms. The van der Waals surface area contributed by atoms with Crippen molar-refractivity contribution in [1.29, 1.82) is 5.26 Å². The zero-order valence-electron chi connectivity index (χ0n) is 13.8. The number of anilines is 2. The fourth-order valence-electron chi connectivity index (χ4n) is 2.27. The molecule has 0 aromatic heterocycles. The van der Waals surface area contributed by atoms with Gasteiger partial charge in [-0.1, -0.05) is 35.9 Å². The minimum atomic E-state index is -0.485. The molecule has 5 heteroatoms. The highest BCUT2D eigenvalue weighted by Crippen LogP contribution is 2.23. The Morgan fingerprint density at radius 2 is 1.75 bits per heavy atom. The zero-order valence-corrected chi connectivity index (χ0v) is 14.5. The van der Waals surface area contributed by atoms with Crippen molar-refractivity contribution in [2.75, 3.05) is 10.6 Å². The maximum atomic E-state index is 12.3. The van der Waals surface area contributed by atoms with Gasteiger partial charge in [-0.2, -0.15) is 5.26 Å². The van der Waals surface area contributed by atoms with Crippen molar-refractivity contribution in [1.82, 2.24) is 0 Å². The lowest BCUT2D eigenvalue weighted by Gasteiger charge is -2.11. The Kier molecular flexibility index (Phi) is 5.62. The number of para-hydroxylation sites is 1. The van der Waals surface area contributed by atoms with E-state index in [-0.39, 0.29) is 5.57 Å². The number of rotatable bonds is 4. The molecule has 0 bridgehead atoms. The van der Waals surface area contributed by atoms with Crippen LogP contribution in [-0.4, -0.2) is 5.91 Å². The summed E-state index contributed by atoms with van der Waals surface area (Å²) in [5.41, 5.74) is 4.28. The Hall–Kier alpha value is -2.77. The molecule has 4 nitrogen and oxygen atoms in total. The Bertz CT molecular complexity index is 830. The fourth-order valence-corrected chi connectivity index (χ4v) is 2.44. The molecule has 0 radical (unpaired) electrons. The molecule has 0 saturated heterocycles. The number of nitriles is 1. The molecule has 2 aromatic rings. The van der Waals surface area contributed by atoms with Crippen LogP contribution in [0.15, 0.2) is 48.2 Å². The van der Waals surface area contributed by atoms with Gasteiger partial charge in [0.05, 0.1) is 0 Å². The van der Waals surface area contributed by atoms with Crippen molar-refractivity contribution < 1.29 is 4.79 Å². The molecule has 0 unspecified atom stereocenters. The SMILES string of the molecule is Cc1cccc(C)c1N/C=C(/C#N)C(=O)Nc1cccc(Cl)c1C. The summed E-state index contributed by atoms with van der Waals surface area (Å²) in [5, 5.41) is 15.6. The molecule has 2 aromatic carbocycles. The van der Waals surface area contributed by atoms with Gasteiger partial charge < -0.3 is 10.6 Å². The first-order valence-corrected chi connectivity index (χ1v) is 7.81. The van der Waals surface area contributed by atoms with Crippen LogP contribution in [-0.2, 0) is 4.79 Å². The van der Waals surface area contributed by atoms with Gasteiger partial charge in [0.2, 0.25) is 0 Å². The van der Waals surface area contributed by atoms with Crippen LogP contribution in [0, 0.1) is 32.1 Å². The average Bonchev–Trinajstić information content (AvgIpc) is 2.54. The second-order valence-corrected chi connectivity index (χ2v) is 5.85. The van der Waals surface area contributed by atoms with Crippen LogP contribution < -0.4 is 10.6 Å². The third kappa shape index (κ3) is 3.95. The summed E-state index contributed by atoms with van der Waals surface area (Å²) >= 11 is 6.04. The number of nitrogens with one attached hydrogen (secondary N) is 2. The van der Waals surface area contributed by atoms with Crippen molar-refractivity contribution >= 4 is 28.9 Å². The van der Waals surface area contributed by atoms with Gasteiger partial charge in [0.25, 0.3) is 5.91 Å². The maximum absolute atomic E-state index is 12.3. The van der Waals surface area contributed by atoms with E-state index in [0.717, 1.165) is 22.4 Å². The first-order valence-electron chi connectivity index (χ1n) is 7.43. The molecule has 2 N–H and O–H groups in total. The minimum Gasteiger partial charge on any atom is -0.360 e. The monoisotopic (exact) mass is 339 g/mol. The second-order valence-electron chi connectivity index (χ2n) is 5.45. The standard InChI is InChI=1S/C19H18ClN3O/c1-12-6-4-7-13(2)18(12)22-11-15(10-21)19(24)23-17-9-5-8-16(20)14(17)3/h4-9,11,22H,1-3H3,(H,23,24)/b15-11-. The number of halogens is 1. The molecular weight excluding hydrogens is 322 g/mol. The van der Waals surface area contributed by atoms with Crippen molar-refractivity contribution in [2.45, 2.75) is 20.8 Å². The lowest BCUT2D eigenvalue weighted by Crippen LogP contribution is -2.15. The van der Waals surface area contributed by atoms with E-state index in [1.165, 1.54) is 6.20 Å². The van der Waals surface area contributed by atoms with E-state index in [1.807, 2.05) is 45.0 Å². The summed E-state index contributed by atoms with van der Waals surface area (Å²) in [7, 11) is 0. The topological polar surface area (TPSA) is 64.9 Å². The highest BCUT2D eigenvalue weighted by Gasteiger charge is 2.12. The molecule has 0 aliphatic carbocycles. The zero-order chi connectivity index (χ0) is 17.7. The van der Waals surface area contributed by atoms with Crippen molar-refractivity contribution in [3.05, 3.63) is 69.9 Å². The third-order valence-electron chi connectivity index (χ3n) is 3.72. The van der Waals surface area contributed by atoms with Gasteiger partial charge >= 0.3 is 0 Å². The van der Waals surface area contributed by atoms with E-state index in [2.05, 4.69) is 10.6 Å². The van der Waals surface area contributed by atoms with Gasteiger partial charge in [-0.25, -0.2) is 0 Å². The number of hydrogen-bond donors (Lipinski definition) is 2. The Labute approximate surface area is 146 Å². The number of benzene rings is 2. The number of amides is 1. The van der Waals surface area contributed by atoms with Crippen LogP contribution in [0.5, 0.6) is 0 Å². The average molecular weight is 340 g/mol. The van der Waals surface area contributed by atoms with E-state index in [4.69, 9.17) is 11.6 Å². The van der Waals surface area contributed by atoms with Crippen LogP contribution in [0.25, 0.3) is 0 Å². The van der Waals surface area contributed by atoms with Gasteiger partial charge in [0, 0.05) is 22.6 Å². The van der Waals surface area contributed by atoms with Crippen molar-refractivity contribution in [3.8, 4) is 6.07 Å². The fraction of sp³-hybridized carbons (Fsp3) is 0.158. The normalized spacial score (nSPS) is 10.9. The summed E-state index contributed by atoms with van der Waals surface area (Å²) in [4.78, 5) is 12.3. The van der Waals surface area contributed by atoms with Crippen LogP contribution in [0.1, 0.15) is 16.7 Å². The van der Waals surface area contributed by atoms with Gasteiger partial charge in [-0.15, -0.1) is 0 Å². The van der Waals surface area contributed by atoms with Crippen molar-refractivity contribution in [2.24, 2.45) is 0 Å². The summed E-state index contributed by atoms with van der Waals surface area (Å²) in [6, 6.07) is 13.0. The number of hydrogen-bond acceptors (Lipinski definition) is 3. The summed E-state index contributed by atoms with van der Waals surface area (Å²) in [5.74, 6) is -0.485. The number of carbonyl (C=O) groups is 1. The number of aryl methyl sites for hydroxylation is 2. The molecule has 0 aliphatic heterocycles. The largest absolute Gasteiger partial charge is 0.360 e. The van der Waals surface area contributed by atoms with Crippen LogP contribution in [0.2, 0.25) is 5.02 Å². The maximum Gasteiger partial charge on any atom is 0.267 e. The molecule has 0 heterocycles. The summed E-state index contributed by atoms with van der Waals surface area (Å²) in [6.45, 7) is 5.73. The summed E-state index contributed by atoms with van der Waals surface area (Å²) < 4.78 is 0. The van der Waals surface area contributed by atoms with E-state index < -0.39 is 5.91 Å². The first-order chi connectivity index (χ1) is 11.4. The van der Waals surface area contributed by atoms with Crippen LogP contribution in [0.4, 0.5) is 11.4 Å². The molecule has 1 amide bonds. The molecule has 0 atom stereocenters. The van der Waals surface area contributed by atoms with E-state index in [9.17, 15) is 10.1 Å². The molecule has 0 saturated carbocycles. The van der Waals surface area contributed by atoms with Gasteiger partial charge in [0.15, 0.2) is 0 Å². The van der Waals surface area contributed by atoms with Gasteiger partial charge in [-0.3, -0.25) is 4.79 Å². The molecular formula is C19H18ClN3O. The second kappa shape index (κ2) is 7.67. The lowest BCUT2D eigenvalue weighted by molar-refractivity contribution is -0.112. The van der Waals surface area contributed by atoms with E-state index >= 15 is 0 Å². The number of nitrogens with zero attached hydrogens (tertiary/aromatic N) is 1. The highest BCUT2D eigenvalue weighted by molar-refractivity contribution is 6.31. The predicted octanol–water partition coefficient (Wildman–Crippen LogP) is 4.72. The van der Waals surface area contributed by atoms with Gasteiger partial charge in [-0.05, 0) is 49.6 Å².